The van der Waals surface area contributed by atoms with E-state index in [-0.39, 0.29) is 0 Å². The molecule has 7 aromatic carbocycles. The SMILES string of the molecule is C1=[N+](c2cccc(Oc3cccc(Sc4ccccn4)c3)c2)c2ccc3ccccc3c2[N+]=1c1c(-c2ccccc2)cccc1-c1ccccc1. The van der Waals surface area contributed by atoms with E-state index in [9.17, 15) is 0 Å². The van der Waals surface area contributed by atoms with Crippen molar-refractivity contribution >= 4 is 51.3 Å². The minimum absolute atomic E-state index is 0.740. The van der Waals surface area contributed by atoms with Crippen LogP contribution < -0.4 is 13.9 Å². The second kappa shape index (κ2) is 13.4. The molecule has 1 aromatic heterocycles. The first-order chi connectivity index (χ1) is 25.3. The predicted octanol–water partition coefficient (Wildman–Crippen LogP) is 12.4. The van der Waals surface area contributed by atoms with Gasteiger partial charge in [-0.25, -0.2) is 4.98 Å². The van der Waals surface area contributed by atoms with Crippen molar-refractivity contribution in [2.45, 2.75) is 9.92 Å². The Labute approximate surface area is 300 Å². The fraction of sp³-hybridized carbons (Fsp3) is 0. The lowest BCUT2D eigenvalue weighted by Crippen LogP contribution is -2.05. The second-order valence-electron chi connectivity index (χ2n) is 12.2. The lowest BCUT2D eigenvalue weighted by molar-refractivity contribution is 0.481. The number of fused-ring (bicyclic) bond motifs is 3. The second-order valence-corrected chi connectivity index (χ2v) is 13.3. The van der Waals surface area contributed by atoms with E-state index in [1.54, 1.807) is 11.8 Å². The van der Waals surface area contributed by atoms with Gasteiger partial charge >= 0.3 is 11.7 Å². The zero-order valence-corrected chi connectivity index (χ0v) is 28.4. The average molecular weight is 674 g/mol. The standard InChI is InChI=1S/C46H31N3OS/c1-3-14-33(15-4-1)40-24-13-25-41(34-16-5-2-6-17-34)45(40)49-32-48(43-28-27-35-18-7-8-23-42(35)46(43)49)36-19-11-20-37(30-36)50-38-21-12-22-39(31-38)51-44-26-9-10-29-47-44/h1-31H/q+2. The molecule has 0 N–H and O–H groups in total. The molecule has 1 aliphatic rings. The van der Waals surface area contributed by atoms with Crippen LogP contribution >= 0.6 is 11.8 Å². The van der Waals surface area contributed by atoms with Crippen molar-refractivity contribution in [3.63, 3.8) is 0 Å². The zero-order valence-electron chi connectivity index (χ0n) is 27.6. The molecule has 9 rings (SSSR count). The van der Waals surface area contributed by atoms with Gasteiger partial charge in [0.15, 0.2) is 0 Å². The summed E-state index contributed by atoms with van der Waals surface area (Å²) in [5.74, 6) is 1.50. The maximum Gasteiger partial charge on any atom is 0.503 e. The molecule has 1 aliphatic heterocycles. The molecular weight excluding hydrogens is 643 g/mol. The number of nitrogens with zero attached hydrogens (tertiary/aromatic N) is 3. The fourth-order valence-corrected chi connectivity index (χ4v) is 7.48. The van der Waals surface area contributed by atoms with E-state index in [1.165, 1.54) is 5.39 Å². The number of hydrogen-bond donors (Lipinski definition) is 0. The first-order valence-electron chi connectivity index (χ1n) is 16.9. The largest absolute Gasteiger partial charge is 0.503 e. The first kappa shape index (κ1) is 30.5. The third-order valence-electron chi connectivity index (χ3n) is 8.95. The zero-order chi connectivity index (χ0) is 34.0. The van der Waals surface area contributed by atoms with Crippen molar-refractivity contribution in [1.29, 1.82) is 0 Å². The highest BCUT2D eigenvalue weighted by Crippen LogP contribution is 2.47. The van der Waals surface area contributed by atoms with Crippen molar-refractivity contribution in [2.24, 2.45) is 0 Å². The van der Waals surface area contributed by atoms with Crippen molar-refractivity contribution < 1.29 is 4.74 Å². The van der Waals surface area contributed by atoms with Crippen molar-refractivity contribution in [3.8, 4) is 33.8 Å². The predicted molar refractivity (Wildman–Crippen MR) is 210 cm³/mol. The molecule has 0 aliphatic carbocycles. The summed E-state index contributed by atoms with van der Waals surface area (Å²) >= 11 is 1.61. The van der Waals surface area contributed by atoms with Gasteiger partial charge in [-0.2, -0.15) is 0 Å². The molecule has 5 heteroatoms. The smallest absolute Gasteiger partial charge is 0.457 e. The Morgan fingerprint density at radius 1 is 0.510 bits per heavy atom. The molecule has 0 bridgehead atoms. The molecule has 8 aromatic rings. The molecule has 4 nitrogen and oxygen atoms in total. The Kier molecular flexibility index (Phi) is 8.03. The summed E-state index contributed by atoms with van der Waals surface area (Å²) in [5.41, 5.74) is 8.70. The van der Waals surface area contributed by atoms with E-state index < -0.39 is 0 Å². The monoisotopic (exact) mass is 673 g/mol. The normalized spacial score (nSPS) is 11.9. The van der Waals surface area contributed by atoms with Crippen LogP contribution in [0.5, 0.6) is 11.5 Å². The Morgan fingerprint density at radius 2 is 1.18 bits per heavy atom. The highest BCUT2D eigenvalue weighted by atomic mass is 32.2. The summed E-state index contributed by atoms with van der Waals surface area (Å²) in [5, 5.41) is 3.27. The highest BCUT2D eigenvalue weighted by molar-refractivity contribution is 7.99. The molecule has 0 unspecified atom stereocenters. The number of rotatable bonds is 8. The molecule has 0 saturated carbocycles. The van der Waals surface area contributed by atoms with Gasteiger partial charge in [-0.3, -0.25) is 0 Å². The van der Waals surface area contributed by atoms with Gasteiger partial charge in [0, 0.05) is 23.2 Å². The van der Waals surface area contributed by atoms with Gasteiger partial charge in [-0.15, -0.1) is 0 Å². The number of aromatic nitrogens is 1. The first-order valence-corrected chi connectivity index (χ1v) is 17.7. The van der Waals surface area contributed by atoms with Crippen LogP contribution in [0.3, 0.4) is 0 Å². The van der Waals surface area contributed by atoms with Crippen molar-refractivity contribution in [3.05, 3.63) is 188 Å². The third kappa shape index (κ3) is 6.02. The van der Waals surface area contributed by atoms with Crippen LogP contribution in [0, 0.1) is 0 Å². The van der Waals surface area contributed by atoms with Gasteiger partial charge in [0.2, 0.25) is 11.4 Å². The van der Waals surface area contributed by atoms with E-state index in [4.69, 9.17) is 4.74 Å². The van der Waals surface area contributed by atoms with Gasteiger partial charge in [-0.05, 0) is 86.3 Å². The minimum Gasteiger partial charge on any atom is -0.457 e. The molecule has 0 amide bonds. The van der Waals surface area contributed by atoms with Gasteiger partial charge in [0.05, 0.1) is 22.6 Å². The lowest BCUT2D eigenvalue weighted by atomic mass is 9.95. The minimum atomic E-state index is 0.740. The third-order valence-corrected chi connectivity index (χ3v) is 9.89. The Hall–Kier alpha value is -6.52. The Morgan fingerprint density at radius 3 is 1.92 bits per heavy atom. The van der Waals surface area contributed by atoms with Crippen LogP contribution in [0.4, 0.5) is 22.7 Å². The number of pyridine rings is 1. The molecule has 0 spiro atoms. The van der Waals surface area contributed by atoms with Crippen LogP contribution in [0.25, 0.3) is 33.0 Å². The maximum atomic E-state index is 6.48. The molecule has 0 saturated heterocycles. The van der Waals surface area contributed by atoms with Gasteiger partial charge in [0.25, 0.3) is 5.69 Å². The van der Waals surface area contributed by atoms with E-state index in [2.05, 4.69) is 160 Å². The van der Waals surface area contributed by atoms with E-state index in [0.717, 1.165) is 71.8 Å². The van der Waals surface area contributed by atoms with Gasteiger partial charge in [-0.1, -0.05) is 115 Å². The summed E-state index contributed by atoms with van der Waals surface area (Å²) < 4.78 is 10.9. The van der Waals surface area contributed by atoms with Crippen LogP contribution in [-0.2, 0) is 0 Å². The molecular formula is C46H31N3OS+2. The number of hydrogen-bond acceptors (Lipinski definition) is 3. The fourth-order valence-electron chi connectivity index (χ4n) is 6.66. The summed E-state index contributed by atoms with van der Waals surface area (Å²) in [6, 6.07) is 66.9. The van der Waals surface area contributed by atoms with Crippen LogP contribution in [-0.4, -0.2) is 11.0 Å². The van der Waals surface area contributed by atoms with Crippen molar-refractivity contribution in [1.82, 2.24) is 14.1 Å². The molecule has 51 heavy (non-hydrogen) atoms. The number of benzene rings is 7. The van der Waals surface area contributed by atoms with Crippen LogP contribution in [0.2, 0.25) is 0 Å². The molecule has 240 valence electrons. The summed E-state index contributed by atoms with van der Waals surface area (Å²) in [6.45, 7) is 0. The molecule has 2 heterocycles. The van der Waals surface area contributed by atoms with Gasteiger partial charge in [0.1, 0.15) is 16.5 Å². The van der Waals surface area contributed by atoms with E-state index in [0.29, 0.717) is 0 Å². The highest BCUT2D eigenvalue weighted by Gasteiger charge is 2.41. The molecule has 0 atom stereocenters. The van der Waals surface area contributed by atoms with E-state index >= 15 is 0 Å². The number of ether oxygens (including phenoxy) is 1. The Balaban J connectivity index is 1.21. The Bertz CT molecular complexity index is 2560. The lowest BCUT2D eigenvalue weighted by Gasteiger charge is -2.11. The topological polar surface area (TPSA) is 28.1 Å². The van der Waals surface area contributed by atoms with Crippen LogP contribution in [0.1, 0.15) is 0 Å². The van der Waals surface area contributed by atoms with Crippen LogP contribution in [0.15, 0.2) is 198 Å². The summed E-state index contributed by atoms with van der Waals surface area (Å²) in [4.78, 5) is 5.52. The molecule has 0 fully saturated rings. The summed E-state index contributed by atoms with van der Waals surface area (Å²) in [6.07, 6.45) is 1.81. The number of para-hydroxylation sites is 1. The average Bonchev–Trinajstić information content (AvgIpc) is 3.59. The maximum absolute atomic E-state index is 6.48. The van der Waals surface area contributed by atoms with Gasteiger partial charge < -0.3 is 4.74 Å². The van der Waals surface area contributed by atoms with E-state index in [1.807, 2.05) is 48.7 Å². The summed E-state index contributed by atoms with van der Waals surface area (Å²) in [7, 11) is 0. The molecule has 0 radical (unpaired) electrons. The quantitative estimate of drug-likeness (QED) is 0.150. The van der Waals surface area contributed by atoms with Crippen molar-refractivity contribution in [2.75, 3.05) is 0 Å².